The first-order valence-electron chi connectivity index (χ1n) is 5.60. The molecule has 0 radical (unpaired) electrons. The zero-order chi connectivity index (χ0) is 10.8. The summed E-state index contributed by atoms with van der Waals surface area (Å²) in [4.78, 5) is 6.64. The summed E-state index contributed by atoms with van der Waals surface area (Å²) < 4.78 is 0. The van der Waals surface area contributed by atoms with Gasteiger partial charge in [0.15, 0.2) is 0 Å². The van der Waals surface area contributed by atoms with Crippen LogP contribution >= 0.6 is 0 Å². The van der Waals surface area contributed by atoms with Crippen molar-refractivity contribution in [2.75, 3.05) is 18.0 Å². The van der Waals surface area contributed by atoms with Crippen LogP contribution in [0, 0.1) is 13.8 Å². The highest BCUT2D eigenvalue weighted by Crippen LogP contribution is 2.26. The summed E-state index contributed by atoms with van der Waals surface area (Å²) in [5.74, 6) is 0. The summed E-state index contributed by atoms with van der Waals surface area (Å²) >= 11 is 0. The van der Waals surface area contributed by atoms with E-state index in [1.807, 2.05) is 12.4 Å². The van der Waals surface area contributed by atoms with Gasteiger partial charge in [0, 0.05) is 37.2 Å². The normalized spacial score (nSPS) is 18.2. The molecule has 2 rings (SSSR count). The molecule has 0 unspecified atom stereocenters. The molecule has 1 saturated heterocycles. The third-order valence-corrected chi connectivity index (χ3v) is 3.14. The van der Waals surface area contributed by atoms with Gasteiger partial charge in [-0.05, 0) is 37.8 Å². The van der Waals surface area contributed by atoms with Crippen molar-refractivity contribution in [3.63, 3.8) is 0 Å². The second-order valence-corrected chi connectivity index (χ2v) is 4.45. The second kappa shape index (κ2) is 4.19. The van der Waals surface area contributed by atoms with Gasteiger partial charge in [-0.15, -0.1) is 0 Å². The van der Waals surface area contributed by atoms with Gasteiger partial charge in [-0.2, -0.15) is 0 Å². The molecule has 0 aliphatic carbocycles. The van der Waals surface area contributed by atoms with Crippen molar-refractivity contribution in [1.29, 1.82) is 0 Å². The maximum Gasteiger partial charge on any atom is 0.0456 e. The minimum absolute atomic E-state index is 0.392. The van der Waals surface area contributed by atoms with Crippen LogP contribution in [0.3, 0.4) is 0 Å². The van der Waals surface area contributed by atoms with E-state index < -0.39 is 0 Å². The summed E-state index contributed by atoms with van der Waals surface area (Å²) in [6.07, 6.45) is 6.08. The molecule has 1 aliphatic heterocycles. The molecular formula is C12H19N3. The lowest BCUT2D eigenvalue weighted by Crippen LogP contribution is -2.40. The van der Waals surface area contributed by atoms with E-state index in [0.717, 1.165) is 25.9 Å². The quantitative estimate of drug-likeness (QED) is 0.757. The van der Waals surface area contributed by atoms with Crippen LogP contribution in [0.25, 0.3) is 0 Å². The molecule has 82 valence electrons. The summed E-state index contributed by atoms with van der Waals surface area (Å²) in [5.41, 5.74) is 9.81. The van der Waals surface area contributed by atoms with Gasteiger partial charge in [-0.1, -0.05) is 0 Å². The van der Waals surface area contributed by atoms with Gasteiger partial charge in [0.05, 0.1) is 0 Å². The SMILES string of the molecule is Cc1cncc(C)c1N1CCC(N)CC1. The Hall–Kier alpha value is -1.09. The van der Waals surface area contributed by atoms with Gasteiger partial charge in [0.2, 0.25) is 0 Å². The Bertz CT molecular complexity index is 320. The van der Waals surface area contributed by atoms with Crippen LogP contribution in [-0.4, -0.2) is 24.1 Å². The number of aryl methyl sites for hydroxylation is 2. The number of hydrogen-bond donors (Lipinski definition) is 1. The lowest BCUT2D eigenvalue weighted by Gasteiger charge is -2.33. The van der Waals surface area contributed by atoms with Crippen molar-refractivity contribution in [1.82, 2.24) is 4.98 Å². The Morgan fingerprint density at radius 1 is 1.20 bits per heavy atom. The average molecular weight is 205 g/mol. The fraction of sp³-hybridized carbons (Fsp3) is 0.583. The van der Waals surface area contributed by atoms with Crippen LogP contribution < -0.4 is 10.6 Å². The van der Waals surface area contributed by atoms with Gasteiger partial charge >= 0.3 is 0 Å². The largest absolute Gasteiger partial charge is 0.371 e. The number of nitrogens with two attached hydrogens (primary N) is 1. The van der Waals surface area contributed by atoms with Gasteiger partial charge in [-0.25, -0.2) is 0 Å². The first-order valence-corrected chi connectivity index (χ1v) is 5.60. The molecule has 2 heterocycles. The fourth-order valence-corrected chi connectivity index (χ4v) is 2.32. The van der Waals surface area contributed by atoms with Gasteiger partial charge in [0.1, 0.15) is 0 Å². The molecule has 0 bridgehead atoms. The summed E-state index contributed by atoms with van der Waals surface area (Å²) in [5, 5.41) is 0. The standard InChI is InChI=1S/C12H19N3/c1-9-7-14-8-10(2)12(9)15-5-3-11(13)4-6-15/h7-8,11H,3-6,13H2,1-2H3. The molecule has 0 atom stereocenters. The monoisotopic (exact) mass is 205 g/mol. The van der Waals surface area contributed by atoms with E-state index in [4.69, 9.17) is 5.73 Å². The maximum atomic E-state index is 5.91. The molecule has 3 nitrogen and oxygen atoms in total. The number of aromatic nitrogens is 1. The first kappa shape index (κ1) is 10.4. The van der Waals surface area contributed by atoms with Crippen LogP contribution in [0.15, 0.2) is 12.4 Å². The third kappa shape index (κ3) is 2.12. The number of anilines is 1. The number of nitrogens with zero attached hydrogens (tertiary/aromatic N) is 2. The maximum absolute atomic E-state index is 5.91. The Labute approximate surface area is 91.3 Å². The molecule has 1 aromatic rings. The Morgan fingerprint density at radius 3 is 2.27 bits per heavy atom. The molecular weight excluding hydrogens is 186 g/mol. The van der Waals surface area contributed by atoms with Crippen molar-refractivity contribution >= 4 is 5.69 Å². The Morgan fingerprint density at radius 2 is 1.73 bits per heavy atom. The van der Waals surface area contributed by atoms with Crippen molar-refractivity contribution in [2.24, 2.45) is 5.73 Å². The van der Waals surface area contributed by atoms with Gasteiger partial charge in [0.25, 0.3) is 0 Å². The van der Waals surface area contributed by atoms with E-state index in [-0.39, 0.29) is 0 Å². The lowest BCUT2D eigenvalue weighted by molar-refractivity contribution is 0.500. The Kier molecular flexibility index (Phi) is 2.91. The smallest absolute Gasteiger partial charge is 0.0456 e. The van der Waals surface area contributed by atoms with Crippen molar-refractivity contribution < 1.29 is 0 Å². The molecule has 0 saturated carbocycles. The average Bonchev–Trinajstić information content (AvgIpc) is 2.20. The van der Waals surface area contributed by atoms with Crippen LogP contribution in [0.4, 0.5) is 5.69 Å². The molecule has 0 spiro atoms. The molecule has 1 aromatic heterocycles. The van der Waals surface area contributed by atoms with Gasteiger partial charge in [-0.3, -0.25) is 4.98 Å². The van der Waals surface area contributed by atoms with E-state index >= 15 is 0 Å². The first-order chi connectivity index (χ1) is 7.18. The van der Waals surface area contributed by atoms with Crippen LogP contribution in [0.2, 0.25) is 0 Å². The number of pyridine rings is 1. The number of piperidine rings is 1. The van der Waals surface area contributed by atoms with E-state index in [2.05, 4.69) is 23.7 Å². The van der Waals surface area contributed by atoms with Gasteiger partial charge < -0.3 is 10.6 Å². The highest BCUT2D eigenvalue weighted by atomic mass is 15.1. The molecule has 0 amide bonds. The van der Waals surface area contributed by atoms with E-state index in [1.54, 1.807) is 0 Å². The number of rotatable bonds is 1. The molecule has 1 aliphatic rings. The van der Waals surface area contributed by atoms with E-state index in [9.17, 15) is 0 Å². The number of hydrogen-bond acceptors (Lipinski definition) is 3. The predicted molar refractivity (Wildman–Crippen MR) is 63.1 cm³/mol. The second-order valence-electron chi connectivity index (χ2n) is 4.45. The molecule has 1 fully saturated rings. The van der Waals surface area contributed by atoms with Crippen LogP contribution in [0.1, 0.15) is 24.0 Å². The minimum Gasteiger partial charge on any atom is -0.371 e. The lowest BCUT2D eigenvalue weighted by atomic mass is 10.0. The van der Waals surface area contributed by atoms with Crippen molar-refractivity contribution in [3.05, 3.63) is 23.5 Å². The molecule has 15 heavy (non-hydrogen) atoms. The Balaban J connectivity index is 2.22. The topological polar surface area (TPSA) is 42.2 Å². The summed E-state index contributed by atoms with van der Waals surface area (Å²) in [7, 11) is 0. The minimum atomic E-state index is 0.392. The van der Waals surface area contributed by atoms with Crippen LogP contribution in [0.5, 0.6) is 0 Å². The van der Waals surface area contributed by atoms with Crippen LogP contribution in [-0.2, 0) is 0 Å². The zero-order valence-corrected chi connectivity index (χ0v) is 9.53. The summed E-state index contributed by atoms with van der Waals surface area (Å²) in [6, 6.07) is 0.392. The molecule has 3 heteroatoms. The van der Waals surface area contributed by atoms with Crippen molar-refractivity contribution in [2.45, 2.75) is 32.7 Å². The molecule has 0 aromatic carbocycles. The third-order valence-electron chi connectivity index (χ3n) is 3.14. The molecule has 2 N–H and O–H groups in total. The highest BCUT2D eigenvalue weighted by Gasteiger charge is 2.18. The van der Waals surface area contributed by atoms with E-state index in [1.165, 1.54) is 16.8 Å². The fourth-order valence-electron chi connectivity index (χ4n) is 2.32. The predicted octanol–water partition coefficient (Wildman–Crippen LogP) is 1.63. The summed E-state index contributed by atoms with van der Waals surface area (Å²) in [6.45, 7) is 6.41. The zero-order valence-electron chi connectivity index (χ0n) is 9.53. The van der Waals surface area contributed by atoms with E-state index in [0.29, 0.717) is 6.04 Å². The van der Waals surface area contributed by atoms with Crippen molar-refractivity contribution in [3.8, 4) is 0 Å². The highest BCUT2D eigenvalue weighted by molar-refractivity contribution is 5.57.